The Kier molecular flexibility index (Phi) is 2.22. The normalized spacial score (nSPS) is 36.1. The molecule has 98 valence electrons. The molecular weight excluding hydrogens is 242 g/mol. The van der Waals surface area contributed by atoms with E-state index < -0.39 is 0 Å². The molecule has 1 saturated heterocycles. The number of fused-ring (bicyclic) bond motifs is 1. The lowest BCUT2D eigenvalue weighted by Gasteiger charge is -2.38. The van der Waals surface area contributed by atoms with Crippen LogP contribution < -0.4 is 0 Å². The quantitative estimate of drug-likeness (QED) is 0.601. The van der Waals surface area contributed by atoms with Crippen LogP contribution in [0, 0.1) is 23.7 Å². The van der Waals surface area contributed by atoms with Gasteiger partial charge in [-0.15, -0.1) is 0 Å². The molecule has 2 bridgehead atoms. The smallest absolute Gasteiger partial charge is 0.234 e. The van der Waals surface area contributed by atoms with Crippen molar-refractivity contribution in [1.29, 1.82) is 0 Å². The molecule has 0 radical (unpaired) electrons. The fraction of sp³-hybridized carbons (Fsp3) is 0.467. The number of hydrogen-bond donors (Lipinski definition) is 0. The zero-order valence-electron chi connectivity index (χ0n) is 10.5. The van der Waals surface area contributed by atoms with E-state index in [-0.39, 0.29) is 42.0 Å². The predicted octanol–water partition coefficient (Wildman–Crippen LogP) is 1.98. The van der Waals surface area contributed by atoms with Crippen molar-refractivity contribution < 1.29 is 14.0 Å². The molecule has 5 rings (SSSR count). The van der Waals surface area contributed by atoms with Gasteiger partial charge in [-0.3, -0.25) is 14.5 Å². The van der Waals surface area contributed by atoms with Crippen molar-refractivity contribution in [1.82, 2.24) is 4.90 Å². The highest BCUT2D eigenvalue weighted by Crippen LogP contribution is 2.49. The second-order valence-electron chi connectivity index (χ2n) is 5.68. The Labute approximate surface area is 111 Å². The molecule has 19 heavy (non-hydrogen) atoms. The maximum absolute atomic E-state index is 12.5. The fourth-order valence-corrected chi connectivity index (χ4v) is 3.85. The summed E-state index contributed by atoms with van der Waals surface area (Å²) in [5.74, 6) is 0.926. The number of likely N-dealkylation sites (tertiary alicyclic amines) is 1. The minimum atomic E-state index is -0.119. The lowest BCUT2D eigenvalue weighted by atomic mass is 9.63. The van der Waals surface area contributed by atoms with Crippen molar-refractivity contribution >= 4 is 11.8 Å². The highest BCUT2D eigenvalue weighted by molar-refractivity contribution is 6.05. The molecule has 0 N–H and O–H groups in total. The van der Waals surface area contributed by atoms with Gasteiger partial charge in [0, 0.05) is 0 Å². The molecule has 4 aliphatic rings. The van der Waals surface area contributed by atoms with E-state index in [4.69, 9.17) is 4.42 Å². The first kappa shape index (κ1) is 11.0. The standard InChI is InChI=1S/C15H15NO3/c17-14-12-9-3-4-10(6-5-9)13(12)15(18)16(14)8-11-2-1-7-19-11/h1-4,7,9-10,12-13H,5-6,8H2/t9-,10-,12-,13+/m0/s1. The molecule has 1 aliphatic heterocycles. The molecule has 3 aliphatic carbocycles. The molecule has 0 aromatic carbocycles. The first-order valence-electron chi connectivity index (χ1n) is 6.81. The van der Waals surface area contributed by atoms with E-state index in [2.05, 4.69) is 12.2 Å². The van der Waals surface area contributed by atoms with Gasteiger partial charge in [0.2, 0.25) is 11.8 Å². The number of imide groups is 1. The van der Waals surface area contributed by atoms with Crippen molar-refractivity contribution in [2.24, 2.45) is 23.7 Å². The van der Waals surface area contributed by atoms with E-state index in [0.29, 0.717) is 5.76 Å². The van der Waals surface area contributed by atoms with Crippen molar-refractivity contribution in [3.63, 3.8) is 0 Å². The van der Waals surface area contributed by atoms with Gasteiger partial charge in [-0.1, -0.05) is 12.2 Å². The Bertz CT molecular complexity index is 528. The van der Waals surface area contributed by atoms with Crippen LogP contribution in [0.4, 0.5) is 0 Å². The Morgan fingerprint density at radius 2 is 1.74 bits per heavy atom. The zero-order valence-corrected chi connectivity index (χ0v) is 10.5. The number of carbonyl (C=O) groups excluding carboxylic acids is 2. The second-order valence-corrected chi connectivity index (χ2v) is 5.68. The van der Waals surface area contributed by atoms with Crippen LogP contribution in [0.5, 0.6) is 0 Å². The van der Waals surface area contributed by atoms with Gasteiger partial charge < -0.3 is 4.42 Å². The molecule has 1 aromatic heterocycles. The zero-order chi connectivity index (χ0) is 13.0. The van der Waals surface area contributed by atoms with Crippen molar-refractivity contribution in [3.05, 3.63) is 36.3 Å². The van der Waals surface area contributed by atoms with Gasteiger partial charge >= 0.3 is 0 Å². The monoisotopic (exact) mass is 257 g/mol. The molecule has 1 aromatic rings. The van der Waals surface area contributed by atoms with Crippen LogP contribution in [0.25, 0.3) is 0 Å². The van der Waals surface area contributed by atoms with Crippen molar-refractivity contribution in [3.8, 4) is 0 Å². The number of furan rings is 1. The summed E-state index contributed by atoms with van der Waals surface area (Å²) in [5, 5.41) is 0. The molecule has 4 atom stereocenters. The lowest BCUT2D eigenvalue weighted by Crippen LogP contribution is -2.38. The van der Waals surface area contributed by atoms with E-state index >= 15 is 0 Å². The third kappa shape index (κ3) is 1.46. The minimum absolute atomic E-state index is 0.00884. The average Bonchev–Trinajstić information content (AvgIpc) is 3.04. The van der Waals surface area contributed by atoms with Crippen LogP contribution in [0.2, 0.25) is 0 Å². The van der Waals surface area contributed by atoms with E-state index in [9.17, 15) is 9.59 Å². The molecule has 0 spiro atoms. The Balaban J connectivity index is 1.66. The molecule has 2 amide bonds. The number of hydrogen-bond acceptors (Lipinski definition) is 3. The van der Waals surface area contributed by atoms with Crippen LogP contribution in [-0.4, -0.2) is 16.7 Å². The molecule has 4 nitrogen and oxygen atoms in total. The summed E-state index contributed by atoms with van der Waals surface area (Å²) >= 11 is 0. The van der Waals surface area contributed by atoms with Crippen LogP contribution >= 0.6 is 0 Å². The predicted molar refractivity (Wildman–Crippen MR) is 66.6 cm³/mol. The van der Waals surface area contributed by atoms with Gasteiger partial charge in [-0.25, -0.2) is 0 Å². The molecule has 2 fully saturated rings. The molecular formula is C15H15NO3. The van der Waals surface area contributed by atoms with Crippen LogP contribution in [0.3, 0.4) is 0 Å². The summed E-state index contributed by atoms with van der Waals surface area (Å²) in [6, 6.07) is 3.58. The molecule has 4 heteroatoms. The van der Waals surface area contributed by atoms with Crippen LogP contribution in [0.1, 0.15) is 18.6 Å². The SMILES string of the molecule is O=C1[C@@H]2[C@H](C(=O)N1Cc1ccco1)[C@H]1C=C[C@H]2CC1. The van der Waals surface area contributed by atoms with Gasteiger partial charge in [0.15, 0.2) is 0 Å². The van der Waals surface area contributed by atoms with E-state index in [1.54, 1.807) is 18.4 Å². The van der Waals surface area contributed by atoms with Crippen LogP contribution in [-0.2, 0) is 16.1 Å². The summed E-state index contributed by atoms with van der Waals surface area (Å²) in [6.07, 6.45) is 7.92. The third-order valence-corrected chi connectivity index (χ3v) is 4.74. The van der Waals surface area contributed by atoms with Crippen LogP contribution in [0.15, 0.2) is 35.0 Å². The number of amides is 2. The summed E-state index contributed by atoms with van der Waals surface area (Å²) < 4.78 is 5.25. The second kappa shape index (κ2) is 3.83. The Morgan fingerprint density at radius 1 is 1.11 bits per heavy atom. The largest absolute Gasteiger partial charge is 0.467 e. The summed E-state index contributed by atoms with van der Waals surface area (Å²) in [7, 11) is 0. The first-order valence-corrected chi connectivity index (χ1v) is 6.81. The Hall–Kier alpha value is -1.84. The summed E-state index contributed by atoms with van der Waals surface area (Å²) in [5.41, 5.74) is 0. The van der Waals surface area contributed by atoms with E-state index in [1.807, 2.05) is 0 Å². The molecule has 0 unspecified atom stereocenters. The summed E-state index contributed by atoms with van der Waals surface area (Å²) in [4.78, 5) is 26.4. The topological polar surface area (TPSA) is 50.5 Å². The maximum atomic E-state index is 12.5. The summed E-state index contributed by atoms with van der Waals surface area (Å²) in [6.45, 7) is 0.275. The van der Waals surface area contributed by atoms with E-state index in [1.165, 1.54) is 4.90 Å². The Morgan fingerprint density at radius 3 is 2.21 bits per heavy atom. The molecule has 1 saturated carbocycles. The fourth-order valence-electron chi connectivity index (χ4n) is 3.85. The first-order chi connectivity index (χ1) is 9.25. The van der Waals surface area contributed by atoms with E-state index in [0.717, 1.165) is 12.8 Å². The third-order valence-electron chi connectivity index (χ3n) is 4.74. The van der Waals surface area contributed by atoms with Gasteiger partial charge in [0.25, 0.3) is 0 Å². The average molecular weight is 257 g/mol. The van der Waals surface area contributed by atoms with Gasteiger partial charge in [0.1, 0.15) is 5.76 Å². The van der Waals surface area contributed by atoms with Crippen molar-refractivity contribution in [2.45, 2.75) is 19.4 Å². The number of nitrogens with zero attached hydrogens (tertiary/aromatic N) is 1. The number of rotatable bonds is 2. The van der Waals surface area contributed by atoms with Gasteiger partial charge in [-0.2, -0.15) is 0 Å². The molecule has 2 heterocycles. The number of carbonyl (C=O) groups is 2. The van der Waals surface area contributed by atoms with Gasteiger partial charge in [0.05, 0.1) is 24.6 Å². The lowest BCUT2D eigenvalue weighted by molar-refractivity contribution is -0.141. The van der Waals surface area contributed by atoms with Crippen molar-refractivity contribution in [2.75, 3.05) is 0 Å². The highest BCUT2D eigenvalue weighted by atomic mass is 16.3. The minimum Gasteiger partial charge on any atom is -0.467 e. The maximum Gasteiger partial charge on any atom is 0.234 e. The number of allylic oxidation sites excluding steroid dienone is 2. The van der Waals surface area contributed by atoms with Gasteiger partial charge in [-0.05, 0) is 36.8 Å². The highest BCUT2D eigenvalue weighted by Gasteiger charge is 2.56.